The topological polar surface area (TPSA) is 57.2 Å². The van der Waals surface area contributed by atoms with Gasteiger partial charge in [0.25, 0.3) is 0 Å². The van der Waals surface area contributed by atoms with Gasteiger partial charge in [-0.2, -0.15) is 0 Å². The maximum absolute atomic E-state index is 12.3. The van der Waals surface area contributed by atoms with Gasteiger partial charge in [-0.15, -0.1) is 0 Å². The van der Waals surface area contributed by atoms with E-state index >= 15 is 0 Å². The average Bonchev–Trinajstić information content (AvgIpc) is 2.39. The van der Waals surface area contributed by atoms with E-state index in [0.717, 1.165) is 12.8 Å². The molecule has 0 aliphatic heterocycles. The molecule has 4 heteroatoms. The third-order valence-corrected chi connectivity index (χ3v) is 3.79. The molecule has 1 aliphatic rings. The molecule has 1 aromatic carbocycles. The second-order valence-corrected chi connectivity index (χ2v) is 5.12. The first-order valence-corrected chi connectivity index (χ1v) is 6.48. The quantitative estimate of drug-likeness (QED) is 0.786. The number of ketones is 1. The molecule has 0 heterocycles. The zero-order chi connectivity index (χ0) is 13.1. The standard InChI is InChI=1S/C14H15ClO3/c15-10-7-5-9(6-8-10)13(16)11-3-1-2-4-12(11)14(17)18/h5-8,11-12H,1-4H2,(H,17,18)/p-1/t11-,12+/m1/s1. The van der Waals surface area contributed by atoms with E-state index in [1.807, 2.05) is 0 Å². The molecule has 2 atom stereocenters. The van der Waals surface area contributed by atoms with Gasteiger partial charge in [0.15, 0.2) is 5.78 Å². The zero-order valence-corrected chi connectivity index (χ0v) is 10.7. The molecule has 1 saturated carbocycles. The molecule has 0 saturated heterocycles. The van der Waals surface area contributed by atoms with Crippen molar-refractivity contribution < 1.29 is 14.7 Å². The molecule has 2 rings (SSSR count). The fraction of sp³-hybridized carbons (Fsp3) is 0.429. The van der Waals surface area contributed by atoms with Gasteiger partial charge in [-0.3, -0.25) is 4.79 Å². The normalized spacial score (nSPS) is 23.6. The fourth-order valence-corrected chi connectivity index (χ4v) is 2.68. The van der Waals surface area contributed by atoms with Crippen molar-refractivity contribution in [3.05, 3.63) is 34.9 Å². The highest BCUT2D eigenvalue weighted by Crippen LogP contribution is 2.32. The van der Waals surface area contributed by atoms with Gasteiger partial charge in [-0.25, -0.2) is 0 Å². The Morgan fingerprint density at radius 1 is 1.06 bits per heavy atom. The Bertz CT molecular complexity index is 453. The summed E-state index contributed by atoms with van der Waals surface area (Å²) in [5.74, 6) is -2.32. The van der Waals surface area contributed by atoms with Crippen LogP contribution >= 0.6 is 11.6 Å². The van der Waals surface area contributed by atoms with Crippen LogP contribution in [0.25, 0.3) is 0 Å². The van der Waals surface area contributed by atoms with Gasteiger partial charge >= 0.3 is 0 Å². The van der Waals surface area contributed by atoms with Crippen LogP contribution in [-0.4, -0.2) is 11.8 Å². The third kappa shape index (κ3) is 2.72. The molecule has 18 heavy (non-hydrogen) atoms. The van der Waals surface area contributed by atoms with Gasteiger partial charge < -0.3 is 9.90 Å². The summed E-state index contributed by atoms with van der Waals surface area (Å²) >= 11 is 5.77. The van der Waals surface area contributed by atoms with Crippen LogP contribution in [0.3, 0.4) is 0 Å². The van der Waals surface area contributed by atoms with Crippen molar-refractivity contribution in [3.63, 3.8) is 0 Å². The second kappa shape index (κ2) is 5.53. The summed E-state index contributed by atoms with van der Waals surface area (Å²) in [5, 5.41) is 11.6. The lowest BCUT2D eigenvalue weighted by atomic mass is 9.75. The summed E-state index contributed by atoms with van der Waals surface area (Å²) in [6.45, 7) is 0. The number of aliphatic carboxylic acids is 1. The highest BCUT2D eigenvalue weighted by Gasteiger charge is 2.32. The second-order valence-electron chi connectivity index (χ2n) is 4.69. The Morgan fingerprint density at radius 2 is 1.61 bits per heavy atom. The largest absolute Gasteiger partial charge is 0.550 e. The van der Waals surface area contributed by atoms with Crippen molar-refractivity contribution in [2.24, 2.45) is 11.8 Å². The predicted octanol–water partition coefficient (Wildman–Crippen LogP) is 2.08. The SMILES string of the molecule is O=C([O-])[C@H]1CCCC[C@H]1C(=O)c1ccc(Cl)cc1. The maximum atomic E-state index is 12.3. The zero-order valence-electron chi connectivity index (χ0n) is 9.90. The van der Waals surface area contributed by atoms with E-state index in [4.69, 9.17) is 11.6 Å². The first-order chi connectivity index (χ1) is 8.59. The van der Waals surface area contributed by atoms with Crippen molar-refractivity contribution in [2.45, 2.75) is 25.7 Å². The van der Waals surface area contributed by atoms with Crippen LogP contribution in [0.15, 0.2) is 24.3 Å². The van der Waals surface area contributed by atoms with Gasteiger partial charge in [0.1, 0.15) is 0 Å². The molecule has 0 amide bonds. The first kappa shape index (κ1) is 13.1. The Labute approximate surface area is 111 Å². The monoisotopic (exact) mass is 265 g/mol. The molecule has 3 nitrogen and oxygen atoms in total. The van der Waals surface area contributed by atoms with E-state index in [2.05, 4.69) is 0 Å². The minimum Gasteiger partial charge on any atom is -0.550 e. The van der Waals surface area contributed by atoms with Crippen molar-refractivity contribution in [1.29, 1.82) is 0 Å². The molecule has 0 unspecified atom stereocenters. The van der Waals surface area contributed by atoms with Crippen LogP contribution in [0.5, 0.6) is 0 Å². The summed E-state index contributed by atoms with van der Waals surface area (Å²) in [5.41, 5.74) is 0.526. The van der Waals surface area contributed by atoms with Crippen LogP contribution < -0.4 is 5.11 Å². The van der Waals surface area contributed by atoms with E-state index in [1.165, 1.54) is 0 Å². The lowest BCUT2D eigenvalue weighted by molar-refractivity contribution is -0.313. The van der Waals surface area contributed by atoms with Crippen LogP contribution in [0.1, 0.15) is 36.0 Å². The lowest BCUT2D eigenvalue weighted by Crippen LogP contribution is -2.40. The van der Waals surface area contributed by atoms with Crippen molar-refractivity contribution in [3.8, 4) is 0 Å². The summed E-state index contributed by atoms with van der Waals surface area (Å²) in [6, 6.07) is 6.58. The molecular weight excluding hydrogens is 252 g/mol. The maximum Gasteiger partial charge on any atom is 0.166 e. The van der Waals surface area contributed by atoms with Crippen molar-refractivity contribution in [2.75, 3.05) is 0 Å². The van der Waals surface area contributed by atoms with Gasteiger partial charge in [0.05, 0.1) is 0 Å². The minimum absolute atomic E-state index is 0.111. The number of benzene rings is 1. The minimum atomic E-state index is -1.11. The lowest BCUT2D eigenvalue weighted by Gasteiger charge is -2.31. The molecule has 0 spiro atoms. The first-order valence-electron chi connectivity index (χ1n) is 6.10. The summed E-state index contributed by atoms with van der Waals surface area (Å²) in [6.07, 6.45) is 2.91. The third-order valence-electron chi connectivity index (χ3n) is 3.53. The Kier molecular flexibility index (Phi) is 4.02. The van der Waals surface area contributed by atoms with Crippen LogP contribution in [0.2, 0.25) is 5.02 Å². The molecule has 96 valence electrons. The molecule has 1 aliphatic carbocycles. The molecule has 0 radical (unpaired) electrons. The predicted molar refractivity (Wildman–Crippen MR) is 66.2 cm³/mol. The number of hydrogen-bond acceptors (Lipinski definition) is 3. The molecule has 1 aromatic rings. The number of halogens is 1. The fourth-order valence-electron chi connectivity index (χ4n) is 2.56. The number of carboxylic acid groups (broad SMARTS) is 1. The molecule has 0 N–H and O–H groups in total. The van der Waals surface area contributed by atoms with Gasteiger partial charge in [0.2, 0.25) is 0 Å². The van der Waals surface area contributed by atoms with E-state index in [0.29, 0.717) is 23.4 Å². The number of Topliss-reactive ketones (excluding diaryl/α,β-unsaturated/α-hetero) is 1. The van der Waals surface area contributed by atoms with Crippen LogP contribution in [0, 0.1) is 11.8 Å². The van der Waals surface area contributed by atoms with E-state index in [1.54, 1.807) is 24.3 Å². The molecule has 0 bridgehead atoms. The number of carboxylic acids is 1. The van der Waals surface area contributed by atoms with Gasteiger partial charge in [0, 0.05) is 28.4 Å². The number of rotatable bonds is 3. The van der Waals surface area contributed by atoms with E-state index < -0.39 is 17.8 Å². The Balaban J connectivity index is 2.20. The van der Waals surface area contributed by atoms with E-state index in [9.17, 15) is 14.7 Å². The number of carbonyl (C=O) groups excluding carboxylic acids is 2. The summed E-state index contributed by atoms with van der Waals surface area (Å²) in [4.78, 5) is 23.4. The summed E-state index contributed by atoms with van der Waals surface area (Å²) < 4.78 is 0. The van der Waals surface area contributed by atoms with Gasteiger partial charge in [-0.05, 0) is 37.1 Å². The molecule has 0 aromatic heterocycles. The van der Waals surface area contributed by atoms with Gasteiger partial charge in [-0.1, -0.05) is 24.4 Å². The average molecular weight is 266 g/mol. The highest BCUT2D eigenvalue weighted by molar-refractivity contribution is 6.30. The molecular formula is C14H14ClO3-. The Hall–Kier alpha value is -1.35. The number of carbonyl (C=O) groups is 2. The van der Waals surface area contributed by atoms with Crippen LogP contribution in [-0.2, 0) is 4.79 Å². The van der Waals surface area contributed by atoms with Crippen molar-refractivity contribution >= 4 is 23.4 Å². The Morgan fingerprint density at radius 3 is 2.17 bits per heavy atom. The molecule has 1 fully saturated rings. The smallest absolute Gasteiger partial charge is 0.166 e. The van der Waals surface area contributed by atoms with E-state index in [-0.39, 0.29) is 5.78 Å². The van der Waals surface area contributed by atoms with Crippen LogP contribution in [0.4, 0.5) is 0 Å². The summed E-state index contributed by atoms with van der Waals surface area (Å²) in [7, 11) is 0. The van der Waals surface area contributed by atoms with Crippen molar-refractivity contribution in [1.82, 2.24) is 0 Å². The number of hydrogen-bond donors (Lipinski definition) is 0. The highest BCUT2D eigenvalue weighted by atomic mass is 35.5.